The van der Waals surface area contributed by atoms with Crippen LogP contribution in [0, 0.1) is 5.92 Å². The highest BCUT2D eigenvalue weighted by Gasteiger charge is 2.06. The van der Waals surface area contributed by atoms with Gasteiger partial charge in [0.2, 0.25) is 0 Å². The Labute approximate surface area is 93.7 Å². The molecule has 0 radical (unpaired) electrons. The second-order valence-electron chi connectivity index (χ2n) is 3.86. The minimum atomic E-state index is 0.242. The van der Waals surface area contributed by atoms with E-state index in [2.05, 4.69) is 29.8 Å². The molecule has 0 aliphatic heterocycles. The van der Waals surface area contributed by atoms with Crippen LogP contribution in [-0.2, 0) is 0 Å². The van der Waals surface area contributed by atoms with Crippen molar-refractivity contribution in [1.29, 1.82) is 0 Å². The van der Waals surface area contributed by atoms with Gasteiger partial charge in [-0.2, -0.15) is 0 Å². The largest absolute Gasteiger partial charge is 0.294 e. The molecule has 0 saturated heterocycles. The van der Waals surface area contributed by atoms with Gasteiger partial charge in [0.1, 0.15) is 0 Å². The summed E-state index contributed by atoms with van der Waals surface area (Å²) >= 11 is 3.35. The Hall–Kier alpha value is -0.630. The van der Waals surface area contributed by atoms with Gasteiger partial charge in [0.15, 0.2) is 5.78 Å². The Morgan fingerprint density at radius 3 is 2.36 bits per heavy atom. The lowest BCUT2D eigenvalue weighted by Gasteiger charge is -2.03. The van der Waals surface area contributed by atoms with E-state index >= 15 is 0 Å². The van der Waals surface area contributed by atoms with Crippen molar-refractivity contribution in [3.8, 4) is 0 Å². The van der Waals surface area contributed by atoms with Crippen LogP contribution in [0.25, 0.3) is 0 Å². The average Bonchev–Trinajstić information content (AvgIpc) is 2.15. The van der Waals surface area contributed by atoms with E-state index in [1.165, 1.54) is 0 Å². The summed E-state index contributed by atoms with van der Waals surface area (Å²) in [5.41, 5.74) is 0.814. The second kappa shape index (κ2) is 5.30. The minimum Gasteiger partial charge on any atom is -0.294 e. The number of ketones is 1. The van der Waals surface area contributed by atoms with Crippen molar-refractivity contribution in [3.63, 3.8) is 0 Å². The second-order valence-corrected chi connectivity index (χ2v) is 4.78. The third-order valence-electron chi connectivity index (χ3n) is 2.11. The Morgan fingerprint density at radius 1 is 1.29 bits per heavy atom. The SMILES string of the molecule is CC(C)CCC(=O)c1ccc(Br)cc1. The van der Waals surface area contributed by atoms with E-state index in [-0.39, 0.29) is 5.78 Å². The molecule has 0 bridgehead atoms. The van der Waals surface area contributed by atoms with Crippen molar-refractivity contribution in [2.45, 2.75) is 26.7 Å². The molecular weight excluding hydrogens is 240 g/mol. The quantitative estimate of drug-likeness (QED) is 0.741. The lowest BCUT2D eigenvalue weighted by atomic mass is 10.0. The minimum absolute atomic E-state index is 0.242. The smallest absolute Gasteiger partial charge is 0.162 e. The van der Waals surface area contributed by atoms with Crippen molar-refractivity contribution in [2.24, 2.45) is 5.92 Å². The summed E-state index contributed by atoms with van der Waals surface area (Å²) in [5.74, 6) is 0.834. The van der Waals surface area contributed by atoms with Crippen LogP contribution < -0.4 is 0 Å². The Morgan fingerprint density at radius 2 is 1.86 bits per heavy atom. The zero-order valence-corrected chi connectivity index (χ0v) is 10.2. The fourth-order valence-corrected chi connectivity index (χ4v) is 1.46. The number of hydrogen-bond donors (Lipinski definition) is 0. The van der Waals surface area contributed by atoms with Gasteiger partial charge in [0.05, 0.1) is 0 Å². The van der Waals surface area contributed by atoms with Crippen LogP contribution in [-0.4, -0.2) is 5.78 Å². The fourth-order valence-electron chi connectivity index (χ4n) is 1.20. The first-order valence-corrected chi connectivity index (χ1v) is 5.67. The van der Waals surface area contributed by atoms with E-state index in [0.29, 0.717) is 12.3 Å². The maximum atomic E-state index is 11.6. The number of rotatable bonds is 4. The van der Waals surface area contributed by atoms with Crippen LogP contribution in [0.5, 0.6) is 0 Å². The summed E-state index contributed by atoms with van der Waals surface area (Å²) in [6, 6.07) is 7.55. The molecule has 0 aliphatic carbocycles. The van der Waals surface area contributed by atoms with Gasteiger partial charge in [-0.3, -0.25) is 4.79 Å². The molecule has 1 nitrogen and oxygen atoms in total. The van der Waals surface area contributed by atoms with Gasteiger partial charge in [-0.1, -0.05) is 41.9 Å². The Balaban J connectivity index is 2.57. The molecule has 1 aromatic rings. The lowest BCUT2D eigenvalue weighted by molar-refractivity contribution is 0.0975. The molecule has 0 aliphatic rings. The number of halogens is 1. The molecule has 2 heteroatoms. The average molecular weight is 255 g/mol. The summed E-state index contributed by atoms with van der Waals surface area (Å²) in [7, 11) is 0. The topological polar surface area (TPSA) is 17.1 Å². The van der Waals surface area contributed by atoms with Crippen LogP contribution in [0.4, 0.5) is 0 Å². The predicted molar refractivity (Wildman–Crippen MR) is 62.5 cm³/mol. The van der Waals surface area contributed by atoms with Gasteiger partial charge < -0.3 is 0 Å². The van der Waals surface area contributed by atoms with E-state index in [1.807, 2.05) is 24.3 Å². The molecule has 0 unspecified atom stereocenters. The number of hydrogen-bond acceptors (Lipinski definition) is 1. The van der Waals surface area contributed by atoms with Gasteiger partial charge in [-0.25, -0.2) is 0 Å². The van der Waals surface area contributed by atoms with Crippen molar-refractivity contribution < 1.29 is 4.79 Å². The summed E-state index contributed by atoms with van der Waals surface area (Å²) in [4.78, 5) is 11.6. The summed E-state index contributed by atoms with van der Waals surface area (Å²) in [6.07, 6.45) is 1.62. The fraction of sp³-hybridized carbons (Fsp3) is 0.417. The van der Waals surface area contributed by atoms with E-state index < -0.39 is 0 Å². The highest BCUT2D eigenvalue weighted by atomic mass is 79.9. The molecule has 0 amide bonds. The zero-order chi connectivity index (χ0) is 10.6. The summed E-state index contributed by atoms with van der Waals surface area (Å²) < 4.78 is 1.01. The van der Waals surface area contributed by atoms with E-state index in [0.717, 1.165) is 16.5 Å². The van der Waals surface area contributed by atoms with Crippen molar-refractivity contribution in [1.82, 2.24) is 0 Å². The molecule has 0 saturated carbocycles. The number of Topliss-reactive ketones (excluding diaryl/α,β-unsaturated/α-hetero) is 1. The zero-order valence-electron chi connectivity index (χ0n) is 8.59. The number of benzene rings is 1. The molecule has 0 N–H and O–H groups in total. The highest BCUT2D eigenvalue weighted by Crippen LogP contribution is 2.14. The van der Waals surface area contributed by atoms with Crippen LogP contribution in [0.2, 0.25) is 0 Å². The maximum absolute atomic E-state index is 11.6. The van der Waals surface area contributed by atoms with Crippen LogP contribution in [0.15, 0.2) is 28.7 Å². The third-order valence-corrected chi connectivity index (χ3v) is 2.64. The number of carbonyl (C=O) groups is 1. The Bertz CT molecular complexity index is 301. The first-order valence-electron chi connectivity index (χ1n) is 4.88. The molecule has 1 rings (SSSR count). The third kappa shape index (κ3) is 3.62. The van der Waals surface area contributed by atoms with Gasteiger partial charge in [0, 0.05) is 16.5 Å². The van der Waals surface area contributed by atoms with Crippen LogP contribution in [0.3, 0.4) is 0 Å². The molecule has 0 heterocycles. The van der Waals surface area contributed by atoms with Crippen LogP contribution in [0.1, 0.15) is 37.0 Å². The highest BCUT2D eigenvalue weighted by molar-refractivity contribution is 9.10. The van der Waals surface area contributed by atoms with Crippen LogP contribution >= 0.6 is 15.9 Å². The standard InChI is InChI=1S/C12H15BrO/c1-9(2)3-8-12(14)10-4-6-11(13)7-5-10/h4-7,9H,3,8H2,1-2H3. The van der Waals surface area contributed by atoms with E-state index in [9.17, 15) is 4.79 Å². The number of carbonyl (C=O) groups excluding carboxylic acids is 1. The van der Waals surface area contributed by atoms with E-state index in [1.54, 1.807) is 0 Å². The molecule has 0 spiro atoms. The van der Waals surface area contributed by atoms with Gasteiger partial charge in [0.25, 0.3) is 0 Å². The molecule has 76 valence electrons. The van der Waals surface area contributed by atoms with Gasteiger partial charge >= 0.3 is 0 Å². The Kier molecular flexibility index (Phi) is 4.33. The molecule has 14 heavy (non-hydrogen) atoms. The van der Waals surface area contributed by atoms with Gasteiger partial charge in [-0.05, 0) is 24.5 Å². The summed E-state index contributed by atoms with van der Waals surface area (Å²) in [5, 5.41) is 0. The van der Waals surface area contributed by atoms with Crippen molar-refractivity contribution >= 4 is 21.7 Å². The van der Waals surface area contributed by atoms with Crippen molar-refractivity contribution in [2.75, 3.05) is 0 Å². The first-order chi connectivity index (χ1) is 6.59. The molecule has 0 aromatic heterocycles. The lowest BCUT2D eigenvalue weighted by Crippen LogP contribution is -2.00. The molecule has 0 fully saturated rings. The monoisotopic (exact) mass is 254 g/mol. The normalized spacial score (nSPS) is 10.6. The maximum Gasteiger partial charge on any atom is 0.162 e. The summed E-state index contributed by atoms with van der Waals surface area (Å²) in [6.45, 7) is 4.27. The van der Waals surface area contributed by atoms with E-state index in [4.69, 9.17) is 0 Å². The van der Waals surface area contributed by atoms with Crippen molar-refractivity contribution in [3.05, 3.63) is 34.3 Å². The molecule has 1 aromatic carbocycles. The van der Waals surface area contributed by atoms with Gasteiger partial charge in [-0.15, -0.1) is 0 Å². The molecular formula is C12H15BrO. The first kappa shape index (κ1) is 11.4. The predicted octanol–water partition coefficient (Wildman–Crippen LogP) is 4.07. The molecule has 0 atom stereocenters.